The van der Waals surface area contributed by atoms with Gasteiger partial charge in [-0.1, -0.05) is 19.1 Å². The van der Waals surface area contributed by atoms with Gasteiger partial charge in [-0.05, 0) is 12.5 Å². The summed E-state index contributed by atoms with van der Waals surface area (Å²) in [5, 5.41) is 13.1. The van der Waals surface area contributed by atoms with E-state index in [0.29, 0.717) is 17.6 Å². The lowest BCUT2D eigenvalue weighted by Gasteiger charge is -2.01. The van der Waals surface area contributed by atoms with Gasteiger partial charge in [0, 0.05) is 18.1 Å². The molecule has 0 aliphatic carbocycles. The number of nitrogens with one attached hydrogen (secondary N) is 2. The summed E-state index contributed by atoms with van der Waals surface area (Å²) in [5.41, 5.74) is 1.17. The third kappa shape index (κ3) is 1.74. The summed E-state index contributed by atoms with van der Waals surface area (Å²) in [6, 6.07) is 5.13. The van der Waals surface area contributed by atoms with Crippen LogP contribution in [0.25, 0.3) is 10.9 Å². The Balaban J connectivity index is 2.38. The molecular formula is C12H14N2O2. The van der Waals surface area contributed by atoms with Crippen molar-refractivity contribution in [3.05, 3.63) is 30.0 Å². The fourth-order valence-corrected chi connectivity index (χ4v) is 1.66. The maximum Gasteiger partial charge on any atom is 0.253 e. The van der Waals surface area contributed by atoms with Gasteiger partial charge in [-0.15, -0.1) is 0 Å². The van der Waals surface area contributed by atoms with E-state index in [2.05, 4.69) is 10.3 Å². The molecule has 84 valence electrons. The van der Waals surface area contributed by atoms with Gasteiger partial charge in [0.2, 0.25) is 0 Å². The molecule has 0 atom stereocenters. The number of amides is 1. The zero-order valence-electron chi connectivity index (χ0n) is 9.08. The van der Waals surface area contributed by atoms with Gasteiger partial charge < -0.3 is 15.4 Å². The van der Waals surface area contributed by atoms with E-state index in [1.165, 1.54) is 0 Å². The van der Waals surface area contributed by atoms with Gasteiger partial charge >= 0.3 is 0 Å². The minimum absolute atomic E-state index is 0.112. The smallest absolute Gasteiger partial charge is 0.253 e. The minimum atomic E-state index is -0.112. The molecule has 0 fully saturated rings. The standard InChI is InChI=1S/C12H14N2O2/c1-2-6-13-12(16)9-7-14-11-8(9)4-3-5-10(11)15/h3-5,7,14-15H,2,6H2,1H3,(H,13,16). The quantitative estimate of drug-likeness (QED) is 0.737. The first kappa shape index (κ1) is 10.5. The molecule has 1 aromatic heterocycles. The summed E-state index contributed by atoms with van der Waals surface area (Å²) < 4.78 is 0. The molecule has 0 saturated heterocycles. The number of hydrogen-bond donors (Lipinski definition) is 3. The first-order valence-corrected chi connectivity index (χ1v) is 5.31. The van der Waals surface area contributed by atoms with Crippen LogP contribution in [0.5, 0.6) is 5.75 Å². The van der Waals surface area contributed by atoms with Crippen molar-refractivity contribution >= 4 is 16.8 Å². The van der Waals surface area contributed by atoms with Crippen LogP contribution >= 0.6 is 0 Å². The molecular weight excluding hydrogens is 204 g/mol. The lowest BCUT2D eigenvalue weighted by Crippen LogP contribution is -2.23. The summed E-state index contributed by atoms with van der Waals surface area (Å²) >= 11 is 0. The van der Waals surface area contributed by atoms with Gasteiger partial charge in [0.25, 0.3) is 5.91 Å². The summed E-state index contributed by atoms with van der Waals surface area (Å²) in [6.45, 7) is 2.66. The van der Waals surface area contributed by atoms with Crippen molar-refractivity contribution in [1.29, 1.82) is 0 Å². The van der Waals surface area contributed by atoms with E-state index >= 15 is 0 Å². The molecule has 1 heterocycles. The Morgan fingerprint density at radius 3 is 3.06 bits per heavy atom. The Bertz CT molecular complexity index is 517. The van der Waals surface area contributed by atoms with Crippen LogP contribution in [0, 0.1) is 0 Å². The number of fused-ring (bicyclic) bond motifs is 1. The number of rotatable bonds is 3. The fraction of sp³-hybridized carbons (Fsp3) is 0.250. The van der Waals surface area contributed by atoms with E-state index in [1.807, 2.05) is 13.0 Å². The number of phenols is 1. The molecule has 0 saturated carbocycles. The van der Waals surface area contributed by atoms with Gasteiger partial charge in [-0.3, -0.25) is 4.79 Å². The molecule has 0 aliphatic heterocycles. The number of carbonyl (C=O) groups is 1. The van der Waals surface area contributed by atoms with Crippen molar-refractivity contribution < 1.29 is 9.90 Å². The lowest BCUT2D eigenvalue weighted by molar-refractivity contribution is 0.0955. The molecule has 1 amide bonds. The Morgan fingerprint density at radius 2 is 2.31 bits per heavy atom. The normalized spacial score (nSPS) is 10.6. The Labute approximate surface area is 93.3 Å². The topological polar surface area (TPSA) is 65.1 Å². The van der Waals surface area contributed by atoms with Crippen molar-refractivity contribution in [3.8, 4) is 5.75 Å². The molecule has 16 heavy (non-hydrogen) atoms. The predicted octanol–water partition coefficient (Wildman–Crippen LogP) is 2.01. The average Bonchev–Trinajstić information content (AvgIpc) is 2.71. The highest BCUT2D eigenvalue weighted by Crippen LogP contribution is 2.25. The summed E-state index contributed by atoms with van der Waals surface area (Å²) in [7, 11) is 0. The molecule has 4 nitrogen and oxygen atoms in total. The molecule has 0 radical (unpaired) electrons. The third-order valence-electron chi connectivity index (χ3n) is 2.47. The summed E-state index contributed by atoms with van der Waals surface area (Å²) in [5.74, 6) is 0.0470. The summed E-state index contributed by atoms with van der Waals surface area (Å²) in [4.78, 5) is 14.7. The number of hydrogen-bond acceptors (Lipinski definition) is 2. The van der Waals surface area contributed by atoms with Gasteiger partial charge in [0.15, 0.2) is 0 Å². The second kappa shape index (κ2) is 4.26. The van der Waals surface area contributed by atoms with E-state index < -0.39 is 0 Å². The number of aromatic amines is 1. The van der Waals surface area contributed by atoms with E-state index in [-0.39, 0.29) is 11.7 Å². The van der Waals surface area contributed by atoms with Crippen molar-refractivity contribution in [3.63, 3.8) is 0 Å². The van der Waals surface area contributed by atoms with Crippen molar-refractivity contribution in [2.75, 3.05) is 6.54 Å². The SMILES string of the molecule is CCCNC(=O)c1c[nH]c2c(O)cccc12. The molecule has 0 aliphatic rings. The van der Waals surface area contributed by atoms with Crippen LogP contribution in [-0.4, -0.2) is 22.5 Å². The molecule has 4 heteroatoms. The van der Waals surface area contributed by atoms with E-state index in [0.717, 1.165) is 11.8 Å². The number of H-pyrrole nitrogens is 1. The molecule has 0 spiro atoms. The number of phenolic OH excluding ortho intramolecular Hbond substituents is 1. The van der Waals surface area contributed by atoms with E-state index in [1.54, 1.807) is 18.3 Å². The Kier molecular flexibility index (Phi) is 2.81. The van der Waals surface area contributed by atoms with Crippen LogP contribution in [-0.2, 0) is 0 Å². The van der Waals surface area contributed by atoms with E-state index in [9.17, 15) is 9.90 Å². The third-order valence-corrected chi connectivity index (χ3v) is 2.47. The molecule has 2 aromatic rings. The molecule has 0 unspecified atom stereocenters. The van der Waals surface area contributed by atoms with Crippen LogP contribution in [0.15, 0.2) is 24.4 Å². The Hall–Kier alpha value is -1.97. The first-order chi connectivity index (χ1) is 7.74. The average molecular weight is 218 g/mol. The fourth-order valence-electron chi connectivity index (χ4n) is 1.66. The van der Waals surface area contributed by atoms with Gasteiger partial charge in [-0.25, -0.2) is 0 Å². The predicted molar refractivity (Wildman–Crippen MR) is 62.6 cm³/mol. The van der Waals surface area contributed by atoms with Crippen molar-refractivity contribution in [2.24, 2.45) is 0 Å². The second-order valence-corrected chi connectivity index (χ2v) is 3.66. The van der Waals surface area contributed by atoms with Crippen LogP contribution in [0.1, 0.15) is 23.7 Å². The van der Waals surface area contributed by atoms with Crippen LogP contribution in [0.3, 0.4) is 0 Å². The molecule has 2 rings (SSSR count). The number of benzene rings is 1. The number of aromatic nitrogens is 1. The highest BCUT2D eigenvalue weighted by Gasteiger charge is 2.12. The molecule has 1 aromatic carbocycles. The van der Waals surface area contributed by atoms with Crippen LogP contribution < -0.4 is 5.32 Å². The highest BCUT2D eigenvalue weighted by atomic mass is 16.3. The zero-order valence-corrected chi connectivity index (χ0v) is 9.08. The van der Waals surface area contributed by atoms with Crippen LogP contribution in [0.4, 0.5) is 0 Å². The second-order valence-electron chi connectivity index (χ2n) is 3.66. The zero-order chi connectivity index (χ0) is 11.5. The minimum Gasteiger partial charge on any atom is -0.506 e. The largest absolute Gasteiger partial charge is 0.506 e. The van der Waals surface area contributed by atoms with Gasteiger partial charge in [0.1, 0.15) is 5.75 Å². The number of carbonyl (C=O) groups excluding carboxylic acids is 1. The maximum atomic E-state index is 11.8. The van der Waals surface area contributed by atoms with Crippen molar-refractivity contribution in [2.45, 2.75) is 13.3 Å². The molecule has 3 N–H and O–H groups in total. The van der Waals surface area contributed by atoms with Crippen LogP contribution in [0.2, 0.25) is 0 Å². The first-order valence-electron chi connectivity index (χ1n) is 5.31. The number of para-hydroxylation sites is 1. The van der Waals surface area contributed by atoms with Gasteiger partial charge in [0.05, 0.1) is 11.1 Å². The maximum absolute atomic E-state index is 11.8. The van der Waals surface area contributed by atoms with Gasteiger partial charge in [-0.2, -0.15) is 0 Å². The lowest BCUT2D eigenvalue weighted by atomic mass is 10.1. The number of aromatic hydroxyl groups is 1. The van der Waals surface area contributed by atoms with Crippen molar-refractivity contribution in [1.82, 2.24) is 10.3 Å². The molecule has 0 bridgehead atoms. The Morgan fingerprint density at radius 1 is 1.50 bits per heavy atom. The van der Waals surface area contributed by atoms with E-state index in [4.69, 9.17) is 0 Å². The monoisotopic (exact) mass is 218 g/mol. The summed E-state index contributed by atoms with van der Waals surface area (Å²) in [6.07, 6.45) is 2.52. The highest BCUT2D eigenvalue weighted by molar-refractivity contribution is 6.07.